The molecule has 0 aliphatic carbocycles. The van der Waals surface area contributed by atoms with Gasteiger partial charge in [0.15, 0.2) is 0 Å². The number of carbonyl (C=O) groups excluding carboxylic acids is 1. The normalized spacial score (nSPS) is 10.8. The van der Waals surface area contributed by atoms with Gasteiger partial charge in [-0.25, -0.2) is 9.37 Å². The molecule has 0 bridgehead atoms. The molecule has 0 radical (unpaired) electrons. The van der Waals surface area contributed by atoms with Crippen LogP contribution in [0.5, 0.6) is 0 Å². The standard InChI is InChI=1S/C20H12FN3O3S/c21-14-6-2-1-5-13(14)19(25)22-16-11-12(9-10-17(16)24(26)27)20-23-15-7-3-4-8-18(15)28-20/h1-11H,(H,22,25). The Morgan fingerprint density at radius 1 is 1.07 bits per heavy atom. The molecule has 1 N–H and O–H groups in total. The van der Waals surface area contributed by atoms with Crippen molar-refractivity contribution in [1.82, 2.24) is 4.98 Å². The highest BCUT2D eigenvalue weighted by molar-refractivity contribution is 7.21. The van der Waals surface area contributed by atoms with E-state index in [1.165, 1.54) is 41.7 Å². The molecule has 138 valence electrons. The van der Waals surface area contributed by atoms with Crippen molar-refractivity contribution in [3.05, 3.63) is 88.2 Å². The van der Waals surface area contributed by atoms with Gasteiger partial charge < -0.3 is 5.32 Å². The lowest BCUT2D eigenvalue weighted by atomic mass is 10.1. The van der Waals surface area contributed by atoms with Crippen molar-refractivity contribution in [2.24, 2.45) is 0 Å². The number of aromatic nitrogens is 1. The summed E-state index contributed by atoms with van der Waals surface area (Å²) in [5, 5.41) is 14.5. The van der Waals surface area contributed by atoms with Gasteiger partial charge in [-0.1, -0.05) is 24.3 Å². The van der Waals surface area contributed by atoms with Gasteiger partial charge in [0.25, 0.3) is 11.6 Å². The fraction of sp³-hybridized carbons (Fsp3) is 0. The Morgan fingerprint density at radius 3 is 2.57 bits per heavy atom. The average molecular weight is 393 g/mol. The van der Waals surface area contributed by atoms with Gasteiger partial charge in [0.2, 0.25) is 0 Å². The average Bonchev–Trinajstić information content (AvgIpc) is 3.12. The summed E-state index contributed by atoms with van der Waals surface area (Å²) in [6.07, 6.45) is 0. The van der Waals surface area contributed by atoms with E-state index in [9.17, 15) is 19.3 Å². The van der Waals surface area contributed by atoms with E-state index in [-0.39, 0.29) is 16.9 Å². The van der Waals surface area contributed by atoms with Crippen molar-refractivity contribution in [1.29, 1.82) is 0 Å². The molecule has 1 aromatic heterocycles. The molecule has 0 saturated carbocycles. The van der Waals surface area contributed by atoms with Crippen LogP contribution in [0.4, 0.5) is 15.8 Å². The van der Waals surface area contributed by atoms with Gasteiger partial charge >= 0.3 is 0 Å². The van der Waals surface area contributed by atoms with Crippen LogP contribution in [0.25, 0.3) is 20.8 Å². The quantitative estimate of drug-likeness (QED) is 0.378. The maximum atomic E-state index is 13.9. The number of nitrogens with one attached hydrogen (secondary N) is 1. The van der Waals surface area contributed by atoms with E-state index >= 15 is 0 Å². The second-order valence-electron chi connectivity index (χ2n) is 5.91. The third-order valence-electron chi connectivity index (χ3n) is 4.10. The molecule has 8 heteroatoms. The number of nitrogens with zero attached hydrogens (tertiary/aromatic N) is 2. The van der Waals surface area contributed by atoms with Crippen LogP contribution >= 0.6 is 11.3 Å². The number of hydrogen-bond acceptors (Lipinski definition) is 5. The van der Waals surface area contributed by atoms with Gasteiger partial charge in [0.05, 0.1) is 20.7 Å². The highest BCUT2D eigenvalue weighted by Crippen LogP contribution is 2.35. The number of halogens is 1. The van der Waals surface area contributed by atoms with E-state index in [1.54, 1.807) is 6.07 Å². The van der Waals surface area contributed by atoms with E-state index in [0.29, 0.717) is 10.6 Å². The van der Waals surface area contributed by atoms with E-state index in [4.69, 9.17) is 0 Å². The number of benzene rings is 3. The van der Waals surface area contributed by atoms with Gasteiger partial charge in [-0.3, -0.25) is 14.9 Å². The molecule has 0 spiro atoms. The fourth-order valence-electron chi connectivity index (χ4n) is 2.76. The number of carbonyl (C=O) groups is 1. The highest BCUT2D eigenvalue weighted by atomic mass is 32.1. The Labute approximate surface area is 162 Å². The monoisotopic (exact) mass is 393 g/mol. The molecule has 1 amide bonds. The Kier molecular flexibility index (Phi) is 4.54. The minimum absolute atomic E-state index is 0.0185. The molecule has 0 aliphatic heterocycles. The smallest absolute Gasteiger partial charge is 0.292 e. The number of amides is 1. The number of rotatable bonds is 4. The maximum Gasteiger partial charge on any atom is 0.292 e. The Morgan fingerprint density at radius 2 is 1.82 bits per heavy atom. The summed E-state index contributed by atoms with van der Waals surface area (Å²) in [5.41, 5.74) is 0.945. The second-order valence-corrected chi connectivity index (χ2v) is 6.94. The summed E-state index contributed by atoms with van der Waals surface area (Å²) in [7, 11) is 0. The minimum atomic E-state index is -0.761. The second kappa shape index (κ2) is 7.16. The first-order valence-corrected chi connectivity index (χ1v) is 9.05. The van der Waals surface area contributed by atoms with Crippen LogP contribution in [0.3, 0.4) is 0 Å². The SMILES string of the molecule is O=C(Nc1cc(-c2nc3ccccc3s2)ccc1[N+](=O)[O-])c1ccccc1F. The maximum absolute atomic E-state index is 13.9. The Bertz CT molecular complexity index is 1190. The first-order chi connectivity index (χ1) is 13.5. The van der Waals surface area contributed by atoms with Crippen molar-refractivity contribution in [2.75, 3.05) is 5.32 Å². The van der Waals surface area contributed by atoms with Crippen molar-refractivity contribution in [2.45, 2.75) is 0 Å². The number of nitro benzene ring substituents is 1. The molecule has 0 atom stereocenters. The summed E-state index contributed by atoms with van der Waals surface area (Å²) in [5.74, 6) is -1.47. The van der Waals surface area contributed by atoms with Gasteiger partial charge in [-0.2, -0.15) is 0 Å². The van der Waals surface area contributed by atoms with Gasteiger partial charge in [-0.05, 0) is 36.4 Å². The van der Waals surface area contributed by atoms with Crippen LogP contribution in [0.15, 0.2) is 66.7 Å². The molecule has 0 saturated heterocycles. The molecule has 28 heavy (non-hydrogen) atoms. The molecule has 6 nitrogen and oxygen atoms in total. The molecule has 4 rings (SSSR count). The summed E-state index contributed by atoms with van der Waals surface area (Å²) in [4.78, 5) is 27.7. The van der Waals surface area contributed by atoms with Gasteiger partial charge in [0, 0.05) is 11.6 Å². The zero-order valence-electron chi connectivity index (χ0n) is 14.3. The lowest BCUT2D eigenvalue weighted by Gasteiger charge is -2.08. The lowest BCUT2D eigenvalue weighted by molar-refractivity contribution is -0.383. The third kappa shape index (κ3) is 3.33. The topological polar surface area (TPSA) is 85.1 Å². The molecule has 0 fully saturated rings. The number of nitro groups is 1. The van der Waals surface area contributed by atoms with Crippen molar-refractivity contribution in [3.63, 3.8) is 0 Å². The Balaban J connectivity index is 1.74. The van der Waals surface area contributed by atoms with Crippen molar-refractivity contribution >= 4 is 38.8 Å². The van der Waals surface area contributed by atoms with Crippen LogP contribution in [0.1, 0.15) is 10.4 Å². The molecule has 1 heterocycles. The first-order valence-electron chi connectivity index (χ1n) is 8.23. The van der Waals surface area contributed by atoms with E-state index in [1.807, 2.05) is 24.3 Å². The molecule has 3 aromatic carbocycles. The van der Waals surface area contributed by atoms with Crippen LogP contribution in [0.2, 0.25) is 0 Å². The fourth-order valence-corrected chi connectivity index (χ4v) is 3.72. The molecule has 0 aliphatic rings. The van der Waals surface area contributed by atoms with Crippen LogP contribution < -0.4 is 5.32 Å². The summed E-state index contributed by atoms with van der Waals surface area (Å²) < 4.78 is 14.8. The molecule has 0 unspecified atom stereocenters. The van der Waals surface area contributed by atoms with E-state index < -0.39 is 16.6 Å². The van der Waals surface area contributed by atoms with Crippen LogP contribution in [-0.4, -0.2) is 15.8 Å². The van der Waals surface area contributed by atoms with E-state index in [2.05, 4.69) is 10.3 Å². The van der Waals surface area contributed by atoms with Crippen molar-refractivity contribution in [3.8, 4) is 10.6 Å². The minimum Gasteiger partial charge on any atom is -0.316 e. The lowest BCUT2D eigenvalue weighted by Crippen LogP contribution is -2.14. The third-order valence-corrected chi connectivity index (χ3v) is 5.19. The number of thiazole rings is 1. The zero-order chi connectivity index (χ0) is 19.7. The van der Waals surface area contributed by atoms with Crippen molar-refractivity contribution < 1.29 is 14.1 Å². The summed E-state index contributed by atoms with van der Waals surface area (Å²) in [6.45, 7) is 0. The number of para-hydroxylation sites is 1. The largest absolute Gasteiger partial charge is 0.316 e. The number of anilines is 1. The summed E-state index contributed by atoms with van der Waals surface area (Å²) >= 11 is 1.44. The first kappa shape index (κ1) is 17.7. The predicted octanol–water partition coefficient (Wildman–Crippen LogP) is 5.26. The highest BCUT2D eigenvalue weighted by Gasteiger charge is 2.20. The van der Waals surface area contributed by atoms with Crippen LogP contribution in [-0.2, 0) is 0 Å². The number of fused-ring (bicyclic) bond motifs is 1. The van der Waals surface area contributed by atoms with E-state index in [0.717, 1.165) is 16.3 Å². The predicted molar refractivity (Wildman–Crippen MR) is 106 cm³/mol. The number of hydrogen-bond donors (Lipinski definition) is 1. The zero-order valence-corrected chi connectivity index (χ0v) is 15.1. The molecular weight excluding hydrogens is 381 g/mol. The van der Waals surface area contributed by atoms with Gasteiger partial charge in [0.1, 0.15) is 16.5 Å². The van der Waals surface area contributed by atoms with Crippen LogP contribution in [0, 0.1) is 15.9 Å². The summed E-state index contributed by atoms with van der Waals surface area (Å²) in [6, 6.07) is 17.4. The molecule has 4 aromatic rings. The van der Waals surface area contributed by atoms with Gasteiger partial charge in [-0.15, -0.1) is 11.3 Å². The molecular formula is C20H12FN3O3S. The Hall–Kier alpha value is -3.65.